The van der Waals surface area contributed by atoms with Crippen LogP contribution in [0.2, 0.25) is 10.0 Å². The number of nitrogens with one attached hydrogen (secondary N) is 1. The average molecular weight is 495 g/mol. The van der Waals surface area contributed by atoms with Crippen molar-refractivity contribution in [1.82, 2.24) is 9.88 Å². The van der Waals surface area contributed by atoms with Gasteiger partial charge in [-0.15, -0.1) is 0 Å². The number of hydrogen-bond donors (Lipinski definition) is 3. The number of carboxylic acid groups (broad SMARTS) is 1. The van der Waals surface area contributed by atoms with Crippen LogP contribution in [0.1, 0.15) is 48.3 Å². The number of rotatable bonds is 5. The highest BCUT2D eigenvalue weighted by molar-refractivity contribution is 6.42. The molecular formula is C23H21Cl2FN2O5. The Morgan fingerprint density at radius 1 is 1.12 bits per heavy atom. The molecule has 3 aromatic rings. The van der Waals surface area contributed by atoms with Crippen LogP contribution in [0.4, 0.5) is 4.39 Å². The van der Waals surface area contributed by atoms with Crippen molar-refractivity contribution < 1.29 is 29.0 Å². The fourth-order valence-corrected chi connectivity index (χ4v) is 3.91. The fraction of sp³-hybridized carbons (Fsp3) is 0.261. The molecule has 33 heavy (non-hydrogen) atoms. The molecule has 10 heteroatoms. The molecule has 174 valence electrons. The Bertz CT molecular complexity index is 1320. The van der Waals surface area contributed by atoms with Crippen molar-refractivity contribution in [2.24, 2.45) is 0 Å². The van der Waals surface area contributed by atoms with E-state index in [1.165, 1.54) is 43.5 Å². The summed E-state index contributed by atoms with van der Waals surface area (Å²) >= 11 is 12.0. The second kappa shape index (κ2) is 8.68. The van der Waals surface area contributed by atoms with Crippen LogP contribution in [-0.2, 0) is 9.59 Å². The third-order valence-electron chi connectivity index (χ3n) is 5.49. The maximum Gasteiger partial charge on any atom is 0.328 e. The van der Waals surface area contributed by atoms with E-state index in [4.69, 9.17) is 23.2 Å². The summed E-state index contributed by atoms with van der Waals surface area (Å²) in [5, 5.41) is 22.4. The predicted molar refractivity (Wildman–Crippen MR) is 123 cm³/mol. The van der Waals surface area contributed by atoms with Gasteiger partial charge in [0.1, 0.15) is 5.54 Å². The molecular weight excluding hydrogens is 474 g/mol. The highest BCUT2D eigenvalue weighted by Crippen LogP contribution is 2.36. The quantitative estimate of drug-likeness (QED) is 0.468. The molecule has 1 amide bonds. The summed E-state index contributed by atoms with van der Waals surface area (Å²) in [6.07, 6.45) is 0. The van der Waals surface area contributed by atoms with Crippen molar-refractivity contribution in [3.05, 3.63) is 63.0 Å². The first kappa shape index (κ1) is 24.5. The second-order valence-corrected chi connectivity index (χ2v) is 9.04. The summed E-state index contributed by atoms with van der Waals surface area (Å²) in [5.41, 5.74) is -0.573. The highest BCUT2D eigenvalue weighted by Gasteiger charge is 2.33. The lowest BCUT2D eigenvalue weighted by Gasteiger charge is -2.23. The van der Waals surface area contributed by atoms with Gasteiger partial charge in [0.2, 0.25) is 5.91 Å². The van der Waals surface area contributed by atoms with Crippen LogP contribution < -0.4 is 5.32 Å². The van der Waals surface area contributed by atoms with Crippen molar-refractivity contribution in [2.45, 2.75) is 39.2 Å². The first-order valence-corrected chi connectivity index (χ1v) is 10.6. The molecule has 3 rings (SSSR count). The fourth-order valence-electron chi connectivity index (χ4n) is 3.62. The van der Waals surface area contributed by atoms with Crippen molar-refractivity contribution in [3.8, 4) is 5.75 Å². The van der Waals surface area contributed by atoms with E-state index >= 15 is 0 Å². The molecule has 0 bridgehead atoms. The molecule has 0 fully saturated rings. The molecule has 1 heterocycles. The third-order valence-corrected chi connectivity index (χ3v) is 6.23. The van der Waals surface area contributed by atoms with Gasteiger partial charge >= 0.3 is 5.97 Å². The minimum Gasteiger partial charge on any atom is -0.505 e. The maximum atomic E-state index is 14.3. The zero-order chi connectivity index (χ0) is 24.8. The summed E-state index contributed by atoms with van der Waals surface area (Å²) in [6, 6.07) is 6.43. The number of phenolic OH excluding ortho intramolecular Hbond substituents is 1. The molecule has 0 saturated carbocycles. The summed E-state index contributed by atoms with van der Waals surface area (Å²) < 4.78 is 15.5. The van der Waals surface area contributed by atoms with Gasteiger partial charge in [-0.1, -0.05) is 23.2 Å². The lowest BCUT2D eigenvalue weighted by molar-refractivity contribution is -0.146. The van der Waals surface area contributed by atoms with E-state index in [0.717, 1.165) is 12.1 Å². The van der Waals surface area contributed by atoms with Crippen LogP contribution in [0.15, 0.2) is 30.3 Å². The van der Waals surface area contributed by atoms with E-state index < -0.39 is 40.8 Å². The number of hydrogen-bond acceptors (Lipinski definition) is 4. The smallest absolute Gasteiger partial charge is 0.328 e. The van der Waals surface area contributed by atoms with Gasteiger partial charge in [0, 0.05) is 22.7 Å². The van der Waals surface area contributed by atoms with Gasteiger partial charge in [-0.25, -0.2) is 9.18 Å². The number of aromatic nitrogens is 1. The number of phenols is 1. The summed E-state index contributed by atoms with van der Waals surface area (Å²) in [7, 11) is 0. The first-order chi connectivity index (χ1) is 15.3. The molecule has 2 aromatic carbocycles. The van der Waals surface area contributed by atoms with E-state index in [2.05, 4.69) is 5.32 Å². The summed E-state index contributed by atoms with van der Waals surface area (Å²) in [4.78, 5) is 37.7. The van der Waals surface area contributed by atoms with Crippen LogP contribution in [0.3, 0.4) is 0 Å². The second-order valence-electron chi connectivity index (χ2n) is 8.23. The van der Waals surface area contributed by atoms with Gasteiger partial charge in [0.05, 0.1) is 21.5 Å². The maximum absolute atomic E-state index is 14.3. The SMILES string of the molecule is Cc1c(C(C)C(=O)NC(C)(C)C(=O)O)c2cc(O)c(F)cc2n1C(=O)c1ccc(Cl)c(Cl)c1. The molecule has 0 aliphatic rings. The molecule has 0 aliphatic carbocycles. The molecule has 7 nitrogen and oxygen atoms in total. The first-order valence-electron chi connectivity index (χ1n) is 9.84. The molecule has 1 unspecified atom stereocenters. The van der Waals surface area contributed by atoms with Crippen LogP contribution in [0.25, 0.3) is 10.9 Å². The number of carbonyl (C=O) groups is 3. The van der Waals surface area contributed by atoms with Crippen LogP contribution in [0.5, 0.6) is 5.75 Å². The number of nitrogens with zero attached hydrogens (tertiary/aromatic N) is 1. The molecule has 1 aromatic heterocycles. The molecule has 0 spiro atoms. The largest absolute Gasteiger partial charge is 0.505 e. The predicted octanol–water partition coefficient (Wildman–Crippen LogP) is 4.87. The minimum atomic E-state index is -1.54. The lowest BCUT2D eigenvalue weighted by atomic mass is 9.95. The highest BCUT2D eigenvalue weighted by atomic mass is 35.5. The minimum absolute atomic E-state index is 0.131. The number of carboxylic acids is 1. The van der Waals surface area contributed by atoms with Gasteiger partial charge in [-0.05, 0) is 57.5 Å². The molecule has 0 radical (unpaired) electrons. The number of halogens is 3. The van der Waals surface area contributed by atoms with Gasteiger partial charge in [0.15, 0.2) is 11.6 Å². The Kier molecular flexibility index (Phi) is 6.46. The average Bonchev–Trinajstić information content (AvgIpc) is 2.99. The zero-order valence-electron chi connectivity index (χ0n) is 18.2. The molecule has 0 saturated heterocycles. The number of amides is 1. The van der Waals surface area contributed by atoms with Crippen molar-refractivity contribution in [2.75, 3.05) is 0 Å². The Morgan fingerprint density at radius 2 is 1.76 bits per heavy atom. The number of fused-ring (bicyclic) bond motifs is 1. The monoisotopic (exact) mass is 494 g/mol. The lowest BCUT2D eigenvalue weighted by Crippen LogP contribution is -2.50. The van der Waals surface area contributed by atoms with Gasteiger partial charge in [0.25, 0.3) is 5.91 Å². The van der Waals surface area contributed by atoms with Gasteiger partial charge < -0.3 is 15.5 Å². The normalized spacial score (nSPS) is 12.6. The molecule has 3 N–H and O–H groups in total. The van der Waals surface area contributed by atoms with Gasteiger partial charge in [-0.3, -0.25) is 14.2 Å². The Labute approximate surface area is 198 Å². The van der Waals surface area contributed by atoms with Crippen LogP contribution >= 0.6 is 23.2 Å². The number of aromatic hydroxyl groups is 1. The third kappa shape index (κ3) is 4.41. The van der Waals surface area contributed by atoms with Crippen LogP contribution in [-0.4, -0.2) is 38.1 Å². The topological polar surface area (TPSA) is 109 Å². The van der Waals surface area contributed by atoms with Crippen molar-refractivity contribution in [3.63, 3.8) is 0 Å². The van der Waals surface area contributed by atoms with Crippen LogP contribution in [0, 0.1) is 12.7 Å². The standard InChI is InChI=1S/C23H21Cl2FN2O5/c1-10(20(30)27-23(3,4)22(32)33)19-11(2)28(17-9-16(26)18(29)8-13(17)19)21(31)12-5-6-14(24)15(25)7-12/h5-10,29H,1-4H3,(H,27,30)(H,32,33). The molecule has 1 atom stereocenters. The zero-order valence-corrected chi connectivity index (χ0v) is 19.7. The van der Waals surface area contributed by atoms with E-state index in [0.29, 0.717) is 11.3 Å². The Hall–Kier alpha value is -3.10. The number of carbonyl (C=O) groups excluding carboxylic acids is 2. The van der Waals surface area contributed by atoms with Crippen molar-refractivity contribution in [1.29, 1.82) is 0 Å². The van der Waals surface area contributed by atoms with E-state index in [9.17, 15) is 29.0 Å². The molecule has 0 aliphatic heterocycles. The number of aliphatic carboxylic acids is 1. The van der Waals surface area contributed by atoms with E-state index in [1.54, 1.807) is 6.92 Å². The Balaban J connectivity index is 2.21. The summed E-state index contributed by atoms with van der Waals surface area (Å²) in [6.45, 7) is 5.78. The van der Waals surface area contributed by atoms with E-state index in [-0.39, 0.29) is 26.5 Å². The van der Waals surface area contributed by atoms with Gasteiger partial charge in [-0.2, -0.15) is 0 Å². The van der Waals surface area contributed by atoms with Crippen molar-refractivity contribution >= 4 is 51.9 Å². The number of benzene rings is 2. The Morgan fingerprint density at radius 3 is 2.33 bits per heavy atom. The van der Waals surface area contributed by atoms with E-state index in [1.807, 2.05) is 0 Å². The summed E-state index contributed by atoms with van der Waals surface area (Å²) in [5.74, 6) is -4.92.